The third kappa shape index (κ3) is 6.06. The Bertz CT molecular complexity index is 362. The molecular weight excluding hydrogens is 246 g/mol. The van der Waals surface area contributed by atoms with Gasteiger partial charge < -0.3 is 5.32 Å². The number of amides is 1. The number of hydrogen-bond acceptors (Lipinski definition) is 1. The molecule has 0 unspecified atom stereocenters. The van der Waals surface area contributed by atoms with E-state index >= 15 is 0 Å². The summed E-state index contributed by atoms with van der Waals surface area (Å²) in [6.07, 6.45) is 3.16. The molecule has 1 rings (SSSR count). The van der Waals surface area contributed by atoms with Crippen molar-refractivity contribution in [2.24, 2.45) is 0 Å². The fraction of sp³-hybridized carbons (Fsp3) is 0.533. The van der Waals surface area contributed by atoms with E-state index in [0.29, 0.717) is 12.3 Å². The van der Waals surface area contributed by atoms with E-state index in [1.807, 2.05) is 18.2 Å². The molecule has 2 nitrogen and oxygen atoms in total. The summed E-state index contributed by atoms with van der Waals surface area (Å²) in [6.45, 7) is 4.11. The Hall–Kier alpha value is -1.02. The van der Waals surface area contributed by atoms with Gasteiger partial charge in [-0.1, -0.05) is 30.3 Å². The number of unbranched alkanes of at least 4 members (excludes halogenated alkanes) is 1. The highest BCUT2D eigenvalue weighted by Gasteiger charge is 2.20. The Morgan fingerprint density at radius 2 is 1.89 bits per heavy atom. The van der Waals surface area contributed by atoms with E-state index in [1.54, 1.807) is 0 Å². The third-order valence-corrected chi connectivity index (χ3v) is 3.02. The van der Waals surface area contributed by atoms with Gasteiger partial charge in [-0.15, -0.1) is 11.6 Å². The lowest BCUT2D eigenvalue weighted by Crippen LogP contribution is -2.45. The molecule has 0 aliphatic rings. The van der Waals surface area contributed by atoms with Gasteiger partial charge in [0.2, 0.25) is 5.91 Å². The number of nitrogens with one attached hydrogen (secondary N) is 1. The fourth-order valence-corrected chi connectivity index (χ4v) is 2.16. The van der Waals surface area contributed by atoms with Crippen molar-refractivity contribution in [1.82, 2.24) is 5.32 Å². The first-order chi connectivity index (χ1) is 8.53. The molecule has 0 fully saturated rings. The third-order valence-electron chi connectivity index (χ3n) is 2.75. The van der Waals surface area contributed by atoms with Crippen LogP contribution in [0, 0.1) is 0 Å². The molecule has 0 aromatic heterocycles. The van der Waals surface area contributed by atoms with E-state index in [2.05, 4.69) is 31.3 Å². The average Bonchev–Trinajstić information content (AvgIpc) is 2.29. The van der Waals surface area contributed by atoms with Crippen molar-refractivity contribution in [2.75, 3.05) is 5.88 Å². The highest BCUT2D eigenvalue weighted by atomic mass is 35.5. The normalized spacial score (nSPS) is 11.3. The van der Waals surface area contributed by atoms with Gasteiger partial charge in [0.15, 0.2) is 0 Å². The summed E-state index contributed by atoms with van der Waals surface area (Å²) in [5.74, 6) is 0.738. The summed E-state index contributed by atoms with van der Waals surface area (Å²) in [5, 5.41) is 3.08. The molecule has 3 heteroatoms. The van der Waals surface area contributed by atoms with Gasteiger partial charge in [-0.25, -0.2) is 0 Å². The van der Waals surface area contributed by atoms with E-state index in [0.717, 1.165) is 19.3 Å². The molecule has 0 aliphatic carbocycles. The second-order valence-electron chi connectivity index (χ2n) is 5.24. The maximum absolute atomic E-state index is 11.8. The molecule has 0 spiro atoms. The van der Waals surface area contributed by atoms with Crippen LogP contribution < -0.4 is 5.32 Å². The van der Waals surface area contributed by atoms with Gasteiger partial charge in [0, 0.05) is 17.8 Å². The van der Waals surface area contributed by atoms with E-state index in [4.69, 9.17) is 11.6 Å². The highest BCUT2D eigenvalue weighted by molar-refractivity contribution is 6.17. The number of benzene rings is 1. The van der Waals surface area contributed by atoms with E-state index in [1.165, 1.54) is 5.56 Å². The summed E-state index contributed by atoms with van der Waals surface area (Å²) in [7, 11) is 0. The Kier molecular flexibility index (Phi) is 6.20. The van der Waals surface area contributed by atoms with Gasteiger partial charge in [-0.05, 0) is 38.7 Å². The van der Waals surface area contributed by atoms with Crippen LogP contribution in [0.4, 0.5) is 0 Å². The first-order valence-electron chi connectivity index (χ1n) is 6.44. The predicted molar refractivity (Wildman–Crippen MR) is 76.9 cm³/mol. The van der Waals surface area contributed by atoms with Crippen molar-refractivity contribution >= 4 is 17.5 Å². The molecule has 0 bridgehead atoms. The molecule has 1 aromatic rings. The highest BCUT2D eigenvalue weighted by Crippen LogP contribution is 2.13. The van der Waals surface area contributed by atoms with Crippen LogP contribution in [0.3, 0.4) is 0 Å². The zero-order valence-corrected chi connectivity index (χ0v) is 12.0. The van der Waals surface area contributed by atoms with Crippen LogP contribution >= 0.6 is 11.6 Å². The average molecular weight is 268 g/mol. The summed E-state index contributed by atoms with van der Waals surface area (Å²) in [6, 6.07) is 10.2. The minimum atomic E-state index is -0.209. The van der Waals surface area contributed by atoms with Crippen molar-refractivity contribution in [3.05, 3.63) is 35.9 Å². The van der Waals surface area contributed by atoms with Gasteiger partial charge in [0.25, 0.3) is 0 Å². The van der Waals surface area contributed by atoms with Crippen LogP contribution in [0.2, 0.25) is 0 Å². The number of hydrogen-bond donors (Lipinski definition) is 1. The number of carbonyl (C=O) groups excluding carboxylic acids is 1. The van der Waals surface area contributed by atoms with Crippen molar-refractivity contribution in [3.63, 3.8) is 0 Å². The topological polar surface area (TPSA) is 29.1 Å². The zero-order valence-electron chi connectivity index (χ0n) is 11.2. The largest absolute Gasteiger partial charge is 0.351 e. The molecule has 100 valence electrons. The molecule has 0 aliphatic heterocycles. The predicted octanol–water partition coefficient (Wildman–Crippen LogP) is 3.53. The van der Waals surface area contributed by atoms with Crippen molar-refractivity contribution in [3.8, 4) is 0 Å². The lowest BCUT2D eigenvalue weighted by atomic mass is 9.94. The van der Waals surface area contributed by atoms with Crippen LogP contribution in [0.15, 0.2) is 30.3 Å². The second kappa shape index (κ2) is 7.42. The molecule has 0 radical (unpaired) electrons. The maximum Gasteiger partial charge on any atom is 0.220 e. The van der Waals surface area contributed by atoms with Gasteiger partial charge in [0.05, 0.1) is 0 Å². The minimum absolute atomic E-state index is 0.112. The van der Waals surface area contributed by atoms with Crippen molar-refractivity contribution in [2.45, 2.75) is 45.1 Å². The second-order valence-corrected chi connectivity index (χ2v) is 5.62. The van der Waals surface area contributed by atoms with E-state index in [-0.39, 0.29) is 11.4 Å². The van der Waals surface area contributed by atoms with Gasteiger partial charge >= 0.3 is 0 Å². The Morgan fingerprint density at radius 3 is 2.50 bits per heavy atom. The lowest BCUT2D eigenvalue weighted by Gasteiger charge is -2.26. The lowest BCUT2D eigenvalue weighted by molar-refractivity contribution is -0.122. The molecule has 0 saturated heterocycles. The molecule has 1 aromatic carbocycles. The number of alkyl halides is 1. The first-order valence-corrected chi connectivity index (χ1v) is 6.98. The number of halogens is 1. The van der Waals surface area contributed by atoms with Crippen LogP contribution in [0.5, 0.6) is 0 Å². The summed E-state index contributed by atoms with van der Waals surface area (Å²) < 4.78 is 0. The summed E-state index contributed by atoms with van der Waals surface area (Å²) in [5.41, 5.74) is 1.03. The zero-order chi connectivity index (χ0) is 13.4. The quantitative estimate of drug-likeness (QED) is 0.594. The standard InChI is InChI=1S/C15H22ClNO/c1-15(2,12-13-8-4-3-5-9-13)17-14(18)10-6-7-11-16/h3-5,8-9H,6-7,10-12H2,1-2H3,(H,17,18). The Labute approximate surface area is 115 Å². The molecule has 1 amide bonds. The molecule has 18 heavy (non-hydrogen) atoms. The van der Waals surface area contributed by atoms with Crippen LogP contribution in [0.1, 0.15) is 38.7 Å². The van der Waals surface area contributed by atoms with Gasteiger partial charge in [-0.3, -0.25) is 4.79 Å². The van der Waals surface area contributed by atoms with Crippen molar-refractivity contribution < 1.29 is 4.79 Å². The molecular formula is C15H22ClNO. The minimum Gasteiger partial charge on any atom is -0.351 e. The van der Waals surface area contributed by atoms with Crippen LogP contribution in [0.25, 0.3) is 0 Å². The fourth-order valence-electron chi connectivity index (χ4n) is 1.97. The SMILES string of the molecule is CC(C)(Cc1ccccc1)NC(=O)CCCCCl. The maximum atomic E-state index is 11.8. The van der Waals surface area contributed by atoms with Crippen LogP contribution in [-0.4, -0.2) is 17.3 Å². The summed E-state index contributed by atoms with van der Waals surface area (Å²) >= 11 is 5.59. The van der Waals surface area contributed by atoms with E-state index < -0.39 is 0 Å². The molecule has 1 N–H and O–H groups in total. The number of carbonyl (C=O) groups is 1. The van der Waals surface area contributed by atoms with Crippen LogP contribution in [-0.2, 0) is 11.2 Å². The Balaban J connectivity index is 2.41. The number of rotatable bonds is 7. The van der Waals surface area contributed by atoms with Gasteiger partial charge in [-0.2, -0.15) is 0 Å². The molecule has 0 saturated carbocycles. The van der Waals surface area contributed by atoms with Crippen molar-refractivity contribution in [1.29, 1.82) is 0 Å². The summed E-state index contributed by atoms with van der Waals surface area (Å²) in [4.78, 5) is 11.8. The monoisotopic (exact) mass is 267 g/mol. The molecule has 0 atom stereocenters. The van der Waals surface area contributed by atoms with Gasteiger partial charge in [0.1, 0.15) is 0 Å². The van der Waals surface area contributed by atoms with E-state index in [9.17, 15) is 4.79 Å². The smallest absolute Gasteiger partial charge is 0.220 e. The molecule has 0 heterocycles. The Morgan fingerprint density at radius 1 is 1.22 bits per heavy atom. The first kappa shape index (κ1) is 15.0.